The number of aryl methyl sites for hydroxylation is 1. The minimum atomic E-state index is -0.320. The third-order valence-corrected chi connectivity index (χ3v) is 3.90. The third kappa shape index (κ3) is 3.60. The van der Waals surface area contributed by atoms with E-state index in [0.29, 0.717) is 23.0 Å². The van der Waals surface area contributed by atoms with Gasteiger partial charge in [0.25, 0.3) is 11.5 Å². The highest BCUT2D eigenvalue weighted by Gasteiger charge is 2.17. The minimum absolute atomic E-state index is 0.170. The van der Waals surface area contributed by atoms with Gasteiger partial charge in [0, 0.05) is 17.6 Å². The summed E-state index contributed by atoms with van der Waals surface area (Å²) in [6.07, 6.45) is 0. The quantitative estimate of drug-likeness (QED) is 0.792. The van der Waals surface area contributed by atoms with E-state index in [9.17, 15) is 9.59 Å². The Morgan fingerprint density at radius 2 is 1.84 bits per heavy atom. The van der Waals surface area contributed by atoms with Crippen LogP contribution in [-0.4, -0.2) is 15.7 Å². The van der Waals surface area contributed by atoms with Crippen LogP contribution in [0.25, 0.3) is 10.8 Å². The number of benzene rings is 2. The first-order valence-corrected chi connectivity index (χ1v) is 8.33. The number of rotatable bonds is 4. The van der Waals surface area contributed by atoms with E-state index in [-0.39, 0.29) is 23.1 Å². The minimum Gasteiger partial charge on any atom is -0.321 e. The number of anilines is 1. The van der Waals surface area contributed by atoms with Crippen LogP contribution in [0.15, 0.2) is 53.3 Å². The molecule has 0 fully saturated rings. The lowest BCUT2D eigenvalue weighted by Gasteiger charge is -2.13. The Morgan fingerprint density at radius 3 is 2.52 bits per heavy atom. The Hall–Kier alpha value is -2.95. The molecule has 3 aromatic rings. The molecule has 1 heterocycles. The summed E-state index contributed by atoms with van der Waals surface area (Å²) in [7, 11) is 0. The van der Waals surface area contributed by atoms with Gasteiger partial charge in [-0.05, 0) is 36.6 Å². The molecule has 0 unspecified atom stereocenters. The van der Waals surface area contributed by atoms with Crippen molar-refractivity contribution in [3.05, 3.63) is 70.1 Å². The van der Waals surface area contributed by atoms with Crippen LogP contribution in [0.4, 0.5) is 5.69 Å². The van der Waals surface area contributed by atoms with E-state index >= 15 is 0 Å². The normalized spacial score (nSPS) is 11.0. The van der Waals surface area contributed by atoms with Crippen molar-refractivity contribution < 1.29 is 4.79 Å². The van der Waals surface area contributed by atoms with Crippen LogP contribution < -0.4 is 10.9 Å². The predicted octanol–water partition coefficient (Wildman–Crippen LogP) is 3.61. The molecule has 128 valence electrons. The molecule has 0 aliphatic rings. The molecule has 0 spiro atoms. The molecule has 5 nitrogen and oxygen atoms in total. The Balaban J connectivity index is 2.09. The summed E-state index contributed by atoms with van der Waals surface area (Å²) in [5.41, 5.74) is 1.85. The summed E-state index contributed by atoms with van der Waals surface area (Å²) in [6, 6.07) is 14.7. The van der Waals surface area contributed by atoms with E-state index in [1.807, 2.05) is 45.0 Å². The molecular weight excluding hydrogens is 314 g/mol. The van der Waals surface area contributed by atoms with Crippen LogP contribution in [-0.2, 0) is 6.54 Å². The lowest BCUT2D eigenvalue weighted by Crippen LogP contribution is -2.29. The van der Waals surface area contributed by atoms with Gasteiger partial charge < -0.3 is 5.32 Å². The maximum absolute atomic E-state index is 12.8. The largest absolute Gasteiger partial charge is 0.321 e. The second-order valence-electron chi connectivity index (χ2n) is 6.60. The molecular formula is C20H21N3O2. The number of carbonyl (C=O) groups excluding carboxylic acids is 1. The van der Waals surface area contributed by atoms with Crippen LogP contribution in [0.2, 0.25) is 0 Å². The average molecular weight is 335 g/mol. The molecule has 0 aliphatic carbocycles. The standard InChI is InChI=1S/C20H21N3O2/c1-13(2)12-23-20(25)17-10-5-4-9-16(17)18(22-23)19(24)21-15-8-6-7-14(3)11-15/h4-11,13H,12H2,1-3H3,(H,21,24). The molecule has 0 bridgehead atoms. The van der Waals surface area contributed by atoms with Crippen molar-refractivity contribution in [3.63, 3.8) is 0 Å². The topological polar surface area (TPSA) is 64.0 Å². The van der Waals surface area contributed by atoms with Gasteiger partial charge in [0.2, 0.25) is 0 Å². The molecule has 1 N–H and O–H groups in total. The van der Waals surface area contributed by atoms with Crippen molar-refractivity contribution in [3.8, 4) is 0 Å². The highest BCUT2D eigenvalue weighted by molar-refractivity contribution is 6.11. The Morgan fingerprint density at radius 1 is 1.12 bits per heavy atom. The van der Waals surface area contributed by atoms with E-state index in [4.69, 9.17) is 0 Å². The number of hydrogen-bond donors (Lipinski definition) is 1. The van der Waals surface area contributed by atoms with Crippen molar-refractivity contribution >= 4 is 22.4 Å². The van der Waals surface area contributed by atoms with Gasteiger partial charge in [0.1, 0.15) is 0 Å². The van der Waals surface area contributed by atoms with Crippen molar-refractivity contribution in [2.75, 3.05) is 5.32 Å². The molecule has 0 saturated carbocycles. The second kappa shape index (κ2) is 6.89. The van der Waals surface area contributed by atoms with Crippen LogP contribution in [0, 0.1) is 12.8 Å². The number of amides is 1. The van der Waals surface area contributed by atoms with Crippen LogP contribution in [0.5, 0.6) is 0 Å². The second-order valence-corrected chi connectivity index (χ2v) is 6.60. The van der Waals surface area contributed by atoms with E-state index in [1.54, 1.807) is 24.3 Å². The van der Waals surface area contributed by atoms with Crippen molar-refractivity contribution in [1.82, 2.24) is 9.78 Å². The molecule has 5 heteroatoms. The van der Waals surface area contributed by atoms with Gasteiger partial charge in [-0.2, -0.15) is 5.10 Å². The zero-order valence-corrected chi connectivity index (χ0v) is 14.6. The number of fused-ring (bicyclic) bond motifs is 1. The number of nitrogens with zero attached hydrogens (tertiary/aromatic N) is 2. The van der Waals surface area contributed by atoms with Gasteiger partial charge in [-0.1, -0.05) is 44.2 Å². The van der Waals surface area contributed by atoms with Crippen molar-refractivity contribution in [2.45, 2.75) is 27.3 Å². The summed E-state index contributed by atoms with van der Waals surface area (Å²) >= 11 is 0. The number of nitrogens with one attached hydrogen (secondary N) is 1. The molecule has 0 radical (unpaired) electrons. The number of carbonyl (C=O) groups is 1. The van der Waals surface area contributed by atoms with Crippen LogP contribution >= 0.6 is 0 Å². The van der Waals surface area contributed by atoms with E-state index in [0.717, 1.165) is 5.56 Å². The molecule has 2 aromatic carbocycles. The number of hydrogen-bond acceptors (Lipinski definition) is 3. The van der Waals surface area contributed by atoms with Crippen LogP contribution in [0.1, 0.15) is 29.9 Å². The lowest BCUT2D eigenvalue weighted by molar-refractivity contribution is 0.102. The highest BCUT2D eigenvalue weighted by Crippen LogP contribution is 2.16. The fourth-order valence-electron chi connectivity index (χ4n) is 2.79. The third-order valence-electron chi connectivity index (χ3n) is 3.90. The summed E-state index contributed by atoms with van der Waals surface area (Å²) in [6.45, 7) is 6.45. The molecule has 1 amide bonds. The van der Waals surface area contributed by atoms with Gasteiger partial charge in [-0.25, -0.2) is 4.68 Å². The summed E-state index contributed by atoms with van der Waals surface area (Å²) < 4.78 is 1.39. The van der Waals surface area contributed by atoms with E-state index in [2.05, 4.69) is 10.4 Å². The molecule has 3 rings (SSSR count). The first-order chi connectivity index (χ1) is 12.0. The van der Waals surface area contributed by atoms with Gasteiger partial charge in [0.15, 0.2) is 5.69 Å². The van der Waals surface area contributed by atoms with E-state index < -0.39 is 0 Å². The van der Waals surface area contributed by atoms with Gasteiger partial charge in [-0.15, -0.1) is 0 Å². The maximum atomic E-state index is 12.8. The SMILES string of the molecule is Cc1cccc(NC(=O)c2nn(CC(C)C)c(=O)c3ccccc23)c1. The van der Waals surface area contributed by atoms with Crippen molar-refractivity contribution in [1.29, 1.82) is 0 Å². The van der Waals surface area contributed by atoms with Gasteiger partial charge in [-0.3, -0.25) is 9.59 Å². The van der Waals surface area contributed by atoms with E-state index in [1.165, 1.54) is 4.68 Å². The van der Waals surface area contributed by atoms with Gasteiger partial charge >= 0.3 is 0 Å². The zero-order valence-electron chi connectivity index (χ0n) is 14.6. The first kappa shape index (κ1) is 16.9. The molecule has 25 heavy (non-hydrogen) atoms. The Labute approximate surface area is 146 Å². The van der Waals surface area contributed by atoms with Gasteiger partial charge in [0.05, 0.1) is 5.39 Å². The molecule has 0 aliphatic heterocycles. The number of aromatic nitrogens is 2. The van der Waals surface area contributed by atoms with Crippen molar-refractivity contribution in [2.24, 2.45) is 5.92 Å². The lowest BCUT2D eigenvalue weighted by atomic mass is 10.1. The predicted molar refractivity (Wildman–Crippen MR) is 100.0 cm³/mol. The average Bonchev–Trinajstić information content (AvgIpc) is 2.57. The monoisotopic (exact) mass is 335 g/mol. The fraction of sp³-hybridized carbons (Fsp3) is 0.250. The summed E-state index contributed by atoms with van der Waals surface area (Å²) in [5.74, 6) is -0.0710. The molecule has 0 saturated heterocycles. The fourth-order valence-corrected chi connectivity index (χ4v) is 2.79. The zero-order chi connectivity index (χ0) is 18.0. The highest BCUT2D eigenvalue weighted by atomic mass is 16.2. The smallest absolute Gasteiger partial charge is 0.276 e. The summed E-state index contributed by atoms with van der Waals surface area (Å²) in [5, 5.41) is 8.30. The van der Waals surface area contributed by atoms with Crippen LogP contribution in [0.3, 0.4) is 0 Å². The maximum Gasteiger partial charge on any atom is 0.276 e. The Bertz CT molecular complexity index is 990. The summed E-state index contributed by atoms with van der Waals surface area (Å²) in [4.78, 5) is 25.4. The molecule has 1 aromatic heterocycles. The first-order valence-electron chi connectivity index (χ1n) is 8.33. The molecule has 0 atom stereocenters. The Kier molecular flexibility index (Phi) is 4.65.